The van der Waals surface area contributed by atoms with Crippen molar-refractivity contribution in [2.75, 3.05) is 6.61 Å². The second-order valence-corrected chi connectivity index (χ2v) is 3.86. The molecule has 2 aliphatic rings. The standard InChI is InChI=1S/C9H15NO/c1-6(2)8-5-11-9(10-8)7-3-4-7/h6-8H,3-5H2,1-2H3/t8-/m0/s1. The lowest BCUT2D eigenvalue weighted by atomic mass is 10.1. The smallest absolute Gasteiger partial charge is 0.186 e. The van der Waals surface area contributed by atoms with Gasteiger partial charge in [0, 0.05) is 5.92 Å². The molecule has 0 amide bonds. The van der Waals surface area contributed by atoms with E-state index in [4.69, 9.17) is 4.74 Å². The number of nitrogens with zero attached hydrogens (tertiary/aromatic N) is 1. The Morgan fingerprint density at radius 3 is 2.64 bits per heavy atom. The predicted octanol–water partition coefficient (Wildman–Crippen LogP) is 1.85. The number of rotatable bonds is 2. The van der Waals surface area contributed by atoms with Crippen molar-refractivity contribution in [3.8, 4) is 0 Å². The van der Waals surface area contributed by atoms with Gasteiger partial charge in [-0.3, -0.25) is 0 Å². The molecule has 2 heteroatoms. The lowest BCUT2D eigenvalue weighted by molar-refractivity contribution is 0.284. The molecule has 1 saturated carbocycles. The van der Waals surface area contributed by atoms with E-state index in [1.54, 1.807) is 0 Å². The highest BCUT2D eigenvalue weighted by atomic mass is 16.5. The Hall–Kier alpha value is -0.530. The summed E-state index contributed by atoms with van der Waals surface area (Å²) in [6.45, 7) is 5.23. The van der Waals surface area contributed by atoms with E-state index in [1.807, 2.05) is 0 Å². The van der Waals surface area contributed by atoms with Gasteiger partial charge in [-0.2, -0.15) is 0 Å². The van der Waals surface area contributed by atoms with Gasteiger partial charge in [-0.25, -0.2) is 4.99 Å². The van der Waals surface area contributed by atoms with Crippen LogP contribution in [0.4, 0.5) is 0 Å². The van der Waals surface area contributed by atoms with Crippen molar-refractivity contribution in [2.45, 2.75) is 32.7 Å². The first-order chi connectivity index (χ1) is 5.27. The van der Waals surface area contributed by atoms with Crippen LogP contribution in [0.3, 0.4) is 0 Å². The highest BCUT2D eigenvalue weighted by Crippen LogP contribution is 2.33. The minimum Gasteiger partial charge on any atom is -0.478 e. The lowest BCUT2D eigenvalue weighted by Crippen LogP contribution is -2.13. The SMILES string of the molecule is CC(C)[C@@H]1COC(C2CC2)=N1. The topological polar surface area (TPSA) is 21.6 Å². The summed E-state index contributed by atoms with van der Waals surface area (Å²) in [6.07, 6.45) is 2.59. The van der Waals surface area contributed by atoms with Crippen LogP contribution in [0, 0.1) is 11.8 Å². The Balaban J connectivity index is 1.97. The zero-order chi connectivity index (χ0) is 7.84. The maximum absolute atomic E-state index is 5.50. The first-order valence-electron chi connectivity index (χ1n) is 4.48. The van der Waals surface area contributed by atoms with E-state index in [-0.39, 0.29) is 0 Å². The summed E-state index contributed by atoms with van der Waals surface area (Å²) < 4.78 is 5.50. The molecule has 1 atom stereocenters. The Bertz CT molecular complexity index is 182. The summed E-state index contributed by atoms with van der Waals surface area (Å²) in [6, 6.07) is 0.436. The number of aliphatic imine (C=N–C) groups is 1. The van der Waals surface area contributed by atoms with Gasteiger partial charge in [0.05, 0.1) is 6.04 Å². The Morgan fingerprint density at radius 2 is 2.18 bits per heavy atom. The molecule has 11 heavy (non-hydrogen) atoms. The summed E-state index contributed by atoms with van der Waals surface area (Å²) in [5.74, 6) is 2.37. The molecule has 0 aromatic carbocycles. The Morgan fingerprint density at radius 1 is 1.45 bits per heavy atom. The number of hydrogen-bond donors (Lipinski definition) is 0. The largest absolute Gasteiger partial charge is 0.478 e. The van der Waals surface area contributed by atoms with Gasteiger partial charge in [0.1, 0.15) is 6.61 Å². The molecular weight excluding hydrogens is 138 g/mol. The molecule has 1 aliphatic heterocycles. The molecule has 0 aromatic rings. The van der Waals surface area contributed by atoms with Gasteiger partial charge in [0.15, 0.2) is 5.90 Å². The van der Waals surface area contributed by atoms with Crippen molar-refractivity contribution >= 4 is 5.90 Å². The second kappa shape index (κ2) is 2.50. The van der Waals surface area contributed by atoms with Crippen molar-refractivity contribution in [3.63, 3.8) is 0 Å². The van der Waals surface area contributed by atoms with Gasteiger partial charge in [0.25, 0.3) is 0 Å². The van der Waals surface area contributed by atoms with Gasteiger partial charge >= 0.3 is 0 Å². The van der Waals surface area contributed by atoms with Crippen LogP contribution in [-0.2, 0) is 4.74 Å². The number of ether oxygens (including phenoxy) is 1. The molecule has 62 valence electrons. The van der Waals surface area contributed by atoms with E-state index in [0.29, 0.717) is 17.9 Å². The molecule has 0 unspecified atom stereocenters. The summed E-state index contributed by atoms with van der Waals surface area (Å²) >= 11 is 0. The second-order valence-electron chi connectivity index (χ2n) is 3.86. The molecule has 1 fully saturated rings. The molecule has 0 radical (unpaired) electrons. The van der Waals surface area contributed by atoms with E-state index >= 15 is 0 Å². The summed E-state index contributed by atoms with van der Waals surface area (Å²) in [5.41, 5.74) is 0. The van der Waals surface area contributed by atoms with Crippen LogP contribution in [0.15, 0.2) is 4.99 Å². The fourth-order valence-corrected chi connectivity index (χ4v) is 1.30. The van der Waals surface area contributed by atoms with E-state index in [1.165, 1.54) is 12.8 Å². The van der Waals surface area contributed by atoms with Crippen LogP contribution in [0.1, 0.15) is 26.7 Å². The van der Waals surface area contributed by atoms with Gasteiger partial charge < -0.3 is 4.74 Å². The van der Waals surface area contributed by atoms with Gasteiger partial charge in [-0.1, -0.05) is 13.8 Å². The van der Waals surface area contributed by atoms with Crippen molar-refractivity contribution in [1.29, 1.82) is 0 Å². The lowest BCUT2D eigenvalue weighted by Gasteiger charge is -2.06. The molecule has 0 N–H and O–H groups in total. The first-order valence-corrected chi connectivity index (χ1v) is 4.48. The monoisotopic (exact) mass is 153 g/mol. The van der Waals surface area contributed by atoms with Crippen molar-refractivity contribution in [1.82, 2.24) is 0 Å². The molecular formula is C9H15NO. The van der Waals surface area contributed by atoms with Gasteiger partial charge in [0.2, 0.25) is 0 Å². The average molecular weight is 153 g/mol. The average Bonchev–Trinajstić information content (AvgIpc) is 2.68. The van der Waals surface area contributed by atoms with Crippen LogP contribution < -0.4 is 0 Å². The number of hydrogen-bond acceptors (Lipinski definition) is 2. The highest BCUT2D eigenvalue weighted by molar-refractivity contribution is 5.82. The summed E-state index contributed by atoms with van der Waals surface area (Å²) in [4.78, 5) is 4.54. The Kier molecular flexibility index (Phi) is 1.63. The third-order valence-corrected chi connectivity index (χ3v) is 2.39. The van der Waals surface area contributed by atoms with Gasteiger partial charge in [-0.15, -0.1) is 0 Å². The zero-order valence-corrected chi connectivity index (χ0v) is 7.21. The summed E-state index contributed by atoms with van der Waals surface area (Å²) in [5, 5.41) is 0. The molecule has 2 nitrogen and oxygen atoms in total. The molecule has 0 spiro atoms. The fourth-order valence-electron chi connectivity index (χ4n) is 1.30. The van der Waals surface area contributed by atoms with Crippen LogP contribution in [0.5, 0.6) is 0 Å². The van der Waals surface area contributed by atoms with Crippen molar-refractivity contribution < 1.29 is 4.74 Å². The molecule has 0 aromatic heterocycles. The maximum Gasteiger partial charge on any atom is 0.186 e. The van der Waals surface area contributed by atoms with Crippen molar-refractivity contribution in [2.24, 2.45) is 16.8 Å². The van der Waals surface area contributed by atoms with E-state index in [2.05, 4.69) is 18.8 Å². The quantitative estimate of drug-likeness (QED) is 0.593. The van der Waals surface area contributed by atoms with E-state index in [9.17, 15) is 0 Å². The molecule has 2 rings (SSSR count). The molecule has 1 aliphatic carbocycles. The molecule has 0 bridgehead atoms. The normalized spacial score (nSPS) is 30.5. The van der Waals surface area contributed by atoms with Crippen LogP contribution in [0.2, 0.25) is 0 Å². The third-order valence-electron chi connectivity index (χ3n) is 2.39. The maximum atomic E-state index is 5.50. The van der Waals surface area contributed by atoms with Crippen LogP contribution >= 0.6 is 0 Å². The van der Waals surface area contributed by atoms with E-state index in [0.717, 1.165) is 12.5 Å². The van der Waals surface area contributed by atoms with Crippen LogP contribution in [-0.4, -0.2) is 18.5 Å². The first kappa shape index (κ1) is 7.14. The van der Waals surface area contributed by atoms with Gasteiger partial charge in [-0.05, 0) is 18.8 Å². The predicted molar refractivity (Wildman–Crippen MR) is 44.7 cm³/mol. The minimum atomic E-state index is 0.436. The fraction of sp³-hybridized carbons (Fsp3) is 0.889. The minimum absolute atomic E-state index is 0.436. The Labute approximate surface area is 67.7 Å². The molecule has 0 saturated heterocycles. The molecule has 1 heterocycles. The van der Waals surface area contributed by atoms with E-state index < -0.39 is 0 Å². The third kappa shape index (κ3) is 1.39. The van der Waals surface area contributed by atoms with Crippen molar-refractivity contribution in [3.05, 3.63) is 0 Å². The zero-order valence-electron chi connectivity index (χ0n) is 7.21. The summed E-state index contributed by atoms with van der Waals surface area (Å²) in [7, 11) is 0. The highest BCUT2D eigenvalue weighted by Gasteiger charge is 2.34. The van der Waals surface area contributed by atoms with Crippen LogP contribution in [0.25, 0.3) is 0 Å².